The van der Waals surface area contributed by atoms with Gasteiger partial charge < -0.3 is 5.32 Å². The van der Waals surface area contributed by atoms with Crippen molar-refractivity contribution in [1.29, 1.82) is 0 Å². The zero-order valence-electron chi connectivity index (χ0n) is 12.2. The quantitative estimate of drug-likeness (QED) is 0.637. The van der Waals surface area contributed by atoms with Gasteiger partial charge in [-0.15, -0.1) is 0 Å². The molecule has 0 fully saturated rings. The van der Waals surface area contributed by atoms with Crippen LogP contribution in [0.4, 0.5) is 0 Å². The molecule has 0 saturated carbocycles. The van der Waals surface area contributed by atoms with Gasteiger partial charge in [0.25, 0.3) is 0 Å². The van der Waals surface area contributed by atoms with E-state index in [0.717, 1.165) is 12.5 Å². The molecule has 0 radical (unpaired) electrons. The second-order valence-corrected chi connectivity index (χ2v) is 5.93. The Labute approximate surface area is 117 Å². The molecule has 0 aliphatic rings. The van der Waals surface area contributed by atoms with Gasteiger partial charge in [0.2, 0.25) is 0 Å². The van der Waals surface area contributed by atoms with Gasteiger partial charge in [0.1, 0.15) is 0 Å². The minimum Gasteiger partial charge on any atom is -0.314 e. The van der Waals surface area contributed by atoms with Gasteiger partial charge >= 0.3 is 0 Å². The zero-order chi connectivity index (χ0) is 13.2. The highest BCUT2D eigenvalue weighted by Gasteiger charge is 2.18. The molecule has 1 aromatic heterocycles. The van der Waals surface area contributed by atoms with Crippen LogP contribution in [0.2, 0.25) is 0 Å². The van der Waals surface area contributed by atoms with Gasteiger partial charge in [0, 0.05) is 6.04 Å². The van der Waals surface area contributed by atoms with Crippen LogP contribution in [-0.2, 0) is 6.42 Å². The van der Waals surface area contributed by atoms with E-state index in [1.54, 1.807) is 0 Å². The summed E-state index contributed by atoms with van der Waals surface area (Å²) in [5.41, 5.74) is 1.51. The number of thiophene rings is 1. The molecule has 0 saturated heterocycles. The molecule has 1 N–H and O–H groups in total. The lowest BCUT2D eigenvalue weighted by molar-refractivity contribution is 0.307. The summed E-state index contributed by atoms with van der Waals surface area (Å²) < 4.78 is 0. The van der Waals surface area contributed by atoms with Crippen molar-refractivity contribution < 1.29 is 0 Å². The Morgan fingerprint density at radius 3 is 2.61 bits per heavy atom. The van der Waals surface area contributed by atoms with Gasteiger partial charge in [-0.05, 0) is 54.1 Å². The molecule has 1 nitrogen and oxygen atoms in total. The van der Waals surface area contributed by atoms with Gasteiger partial charge in [0.05, 0.1) is 0 Å². The molecule has 0 aliphatic heterocycles. The molecule has 0 amide bonds. The van der Waals surface area contributed by atoms with E-state index in [9.17, 15) is 0 Å². The van der Waals surface area contributed by atoms with Crippen molar-refractivity contribution >= 4 is 11.3 Å². The third kappa shape index (κ3) is 5.53. The van der Waals surface area contributed by atoms with Crippen LogP contribution < -0.4 is 5.32 Å². The van der Waals surface area contributed by atoms with Crippen molar-refractivity contribution in [3.8, 4) is 0 Å². The summed E-state index contributed by atoms with van der Waals surface area (Å²) in [7, 11) is 0. The Morgan fingerprint density at radius 2 is 2.06 bits per heavy atom. The van der Waals surface area contributed by atoms with E-state index < -0.39 is 0 Å². The Morgan fingerprint density at radius 1 is 1.22 bits per heavy atom. The minimum atomic E-state index is 0.700. The number of hydrogen-bond donors (Lipinski definition) is 1. The summed E-state index contributed by atoms with van der Waals surface area (Å²) in [6.45, 7) is 7.96. The van der Waals surface area contributed by atoms with Gasteiger partial charge in [-0.2, -0.15) is 11.3 Å². The van der Waals surface area contributed by atoms with Crippen molar-refractivity contribution in [2.75, 3.05) is 6.54 Å². The normalized spacial score (nSPS) is 14.6. The maximum Gasteiger partial charge on any atom is 0.00982 e. The van der Waals surface area contributed by atoms with E-state index in [4.69, 9.17) is 0 Å². The summed E-state index contributed by atoms with van der Waals surface area (Å²) >= 11 is 1.81. The van der Waals surface area contributed by atoms with Crippen LogP contribution in [0.1, 0.15) is 58.4 Å². The summed E-state index contributed by atoms with van der Waals surface area (Å²) in [5, 5.41) is 8.18. The standard InChI is InChI=1S/C16H29NS/c1-4-7-8-15(5-2)16(17-6-3)10-9-14-11-12-18-13-14/h11-13,15-17H,4-10H2,1-3H3. The average molecular weight is 267 g/mol. The fourth-order valence-corrected chi connectivity index (χ4v) is 3.38. The Balaban J connectivity index is 2.45. The molecule has 1 rings (SSSR count). The first kappa shape index (κ1) is 15.7. The average Bonchev–Trinajstić information content (AvgIpc) is 2.89. The van der Waals surface area contributed by atoms with E-state index >= 15 is 0 Å². The monoisotopic (exact) mass is 267 g/mol. The lowest BCUT2D eigenvalue weighted by Crippen LogP contribution is -2.36. The van der Waals surface area contributed by atoms with E-state index in [1.807, 2.05) is 11.3 Å². The minimum absolute atomic E-state index is 0.700. The molecule has 0 aromatic carbocycles. The maximum atomic E-state index is 3.71. The molecule has 0 spiro atoms. The SMILES string of the molecule is CCCCC(CC)C(CCc1ccsc1)NCC. The molecule has 2 atom stereocenters. The maximum absolute atomic E-state index is 3.71. The fraction of sp³-hybridized carbons (Fsp3) is 0.750. The number of unbranched alkanes of at least 4 members (excludes halogenated alkanes) is 1. The van der Waals surface area contributed by atoms with Crippen LogP contribution >= 0.6 is 11.3 Å². The van der Waals surface area contributed by atoms with Gasteiger partial charge in [-0.3, -0.25) is 0 Å². The molecule has 2 unspecified atom stereocenters. The third-order valence-corrected chi connectivity index (χ3v) is 4.54. The number of nitrogens with one attached hydrogen (secondary N) is 1. The first-order chi connectivity index (χ1) is 8.81. The van der Waals surface area contributed by atoms with Crippen LogP contribution in [0.15, 0.2) is 16.8 Å². The van der Waals surface area contributed by atoms with Gasteiger partial charge in [0.15, 0.2) is 0 Å². The summed E-state index contributed by atoms with van der Waals surface area (Å²) in [4.78, 5) is 0. The molecule has 104 valence electrons. The van der Waals surface area contributed by atoms with Crippen molar-refractivity contribution in [3.05, 3.63) is 22.4 Å². The molecular weight excluding hydrogens is 238 g/mol. The predicted molar refractivity (Wildman–Crippen MR) is 83.4 cm³/mol. The molecule has 0 aliphatic carbocycles. The second-order valence-electron chi connectivity index (χ2n) is 5.15. The van der Waals surface area contributed by atoms with Crippen LogP contribution in [0.3, 0.4) is 0 Å². The smallest absolute Gasteiger partial charge is 0.00982 e. The lowest BCUT2D eigenvalue weighted by atomic mass is 9.88. The molecule has 2 heteroatoms. The molecular formula is C16H29NS. The zero-order valence-corrected chi connectivity index (χ0v) is 13.1. The highest BCUT2D eigenvalue weighted by atomic mass is 32.1. The fourth-order valence-electron chi connectivity index (χ4n) is 2.68. The third-order valence-electron chi connectivity index (χ3n) is 3.81. The van der Waals surface area contributed by atoms with E-state index in [0.29, 0.717) is 6.04 Å². The first-order valence-electron chi connectivity index (χ1n) is 7.56. The van der Waals surface area contributed by atoms with Crippen molar-refractivity contribution in [2.24, 2.45) is 5.92 Å². The molecule has 18 heavy (non-hydrogen) atoms. The van der Waals surface area contributed by atoms with Gasteiger partial charge in [-0.25, -0.2) is 0 Å². The van der Waals surface area contributed by atoms with Crippen molar-refractivity contribution in [2.45, 2.75) is 65.3 Å². The molecule has 1 aromatic rings. The van der Waals surface area contributed by atoms with Crippen LogP contribution in [0, 0.1) is 5.92 Å². The topological polar surface area (TPSA) is 12.0 Å². The Hall–Kier alpha value is -0.340. The predicted octanol–water partition coefficient (Wildman–Crippen LogP) is 4.88. The number of hydrogen-bond acceptors (Lipinski definition) is 2. The molecule has 1 heterocycles. The van der Waals surface area contributed by atoms with E-state index in [2.05, 4.69) is 42.9 Å². The van der Waals surface area contributed by atoms with Crippen LogP contribution in [-0.4, -0.2) is 12.6 Å². The van der Waals surface area contributed by atoms with E-state index in [-0.39, 0.29) is 0 Å². The largest absolute Gasteiger partial charge is 0.314 e. The van der Waals surface area contributed by atoms with Crippen LogP contribution in [0.25, 0.3) is 0 Å². The summed E-state index contributed by atoms with van der Waals surface area (Å²) in [5.74, 6) is 0.850. The van der Waals surface area contributed by atoms with Crippen LogP contribution in [0.5, 0.6) is 0 Å². The van der Waals surface area contributed by atoms with Crippen molar-refractivity contribution in [1.82, 2.24) is 5.32 Å². The Bertz CT molecular complexity index is 281. The first-order valence-corrected chi connectivity index (χ1v) is 8.50. The van der Waals surface area contributed by atoms with E-state index in [1.165, 1.54) is 44.1 Å². The number of aryl methyl sites for hydroxylation is 1. The summed E-state index contributed by atoms with van der Waals surface area (Å²) in [6, 6.07) is 2.96. The Kier molecular flexibility index (Phi) is 8.36. The lowest BCUT2D eigenvalue weighted by Gasteiger charge is -2.27. The van der Waals surface area contributed by atoms with Gasteiger partial charge in [-0.1, -0.05) is 40.0 Å². The van der Waals surface area contributed by atoms with Crippen molar-refractivity contribution in [3.63, 3.8) is 0 Å². The summed E-state index contributed by atoms with van der Waals surface area (Å²) in [6.07, 6.45) is 7.89. The second kappa shape index (κ2) is 9.57. The number of rotatable bonds is 10. The highest BCUT2D eigenvalue weighted by molar-refractivity contribution is 7.07. The highest BCUT2D eigenvalue weighted by Crippen LogP contribution is 2.21. The molecule has 0 bridgehead atoms.